The van der Waals surface area contributed by atoms with Crippen LogP contribution in [0.5, 0.6) is 0 Å². The quantitative estimate of drug-likeness (QED) is 0.849. The zero-order valence-electron chi connectivity index (χ0n) is 14.1. The molecule has 2 amide bonds. The van der Waals surface area contributed by atoms with Gasteiger partial charge in [-0.2, -0.15) is 5.10 Å². The molecular formula is C17H26N4O2. The van der Waals surface area contributed by atoms with E-state index < -0.39 is 0 Å². The molecular weight excluding hydrogens is 292 g/mol. The zero-order valence-corrected chi connectivity index (χ0v) is 14.1. The number of carbonyl (C=O) groups is 2. The number of aromatic nitrogens is 2. The maximum Gasteiger partial charge on any atom is 0.274 e. The van der Waals surface area contributed by atoms with Gasteiger partial charge in [-0.15, -0.1) is 0 Å². The van der Waals surface area contributed by atoms with Crippen LogP contribution >= 0.6 is 0 Å². The summed E-state index contributed by atoms with van der Waals surface area (Å²) in [5.41, 5.74) is 1.73. The smallest absolute Gasteiger partial charge is 0.274 e. The van der Waals surface area contributed by atoms with E-state index in [-0.39, 0.29) is 11.8 Å². The van der Waals surface area contributed by atoms with Gasteiger partial charge in [0.2, 0.25) is 5.91 Å². The molecule has 126 valence electrons. The first-order chi connectivity index (χ1) is 11.0. The molecule has 1 saturated heterocycles. The Morgan fingerprint density at radius 2 is 1.78 bits per heavy atom. The molecule has 0 atom stereocenters. The van der Waals surface area contributed by atoms with Crippen molar-refractivity contribution in [3.05, 3.63) is 17.5 Å². The minimum atomic E-state index is 0.00265. The van der Waals surface area contributed by atoms with Crippen molar-refractivity contribution in [3.63, 3.8) is 0 Å². The molecule has 3 rings (SSSR count). The number of hydrogen-bond donors (Lipinski definition) is 0. The van der Waals surface area contributed by atoms with Crippen molar-refractivity contribution in [3.8, 4) is 0 Å². The van der Waals surface area contributed by atoms with Crippen molar-refractivity contribution in [1.29, 1.82) is 0 Å². The lowest BCUT2D eigenvalue weighted by Crippen LogP contribution is -2.50. The third-order valence-electron chi connectivity index (χ3n) is 4.64. The van der Waals surface area contributed by atoms with Crippen molar-refractivity contribution in [2.45, 2.75) is 46.1 Å². The Labute approximate surface area is 137 Å². The Balaban J connectivity index is 1.58. The first-order valence-electron chi connectivity index (χ1n) is 8.68. The van der Waals surface area contributed by atoms with Gasteiger partial charge in [0.1, 0.15) is 0 Å². The minimum Gasteiger partial charge on any atom is -0.339 e. The summed E-state index contributed by atoms with van der Waals surface area (Å²) in [4.78, 5) is 28.4. The lowest BCUT2D eigenvalue weighted by atomic mass is 10.1. The third-order valence-corrected chi connectivity index (χ3v) is 4.64. The lowest BCUT2D eigenvalue weighted by molar-refractivity contribution is -0.133. The van der Waals surface area contributed by atoms with Gasteiger partial charge in [0.05, 0.1) is 0 Å². The number of amides is 2. The average Bonchev–Trinajstić information content (AvgIpc) is 2.97. The Bertz CT molecular complexity index is 562. The van der Waals surface area contributed by atoms with Crippen LogP contribution in [0.15, 0.2) is 6.07 Å². The predicted octanol–water partition coefficient (Wildman–Crippen LogP) is 1.55. The van der Waals surface area contributed by atoms with Gasteiger partial charge in [-0.25, -0.2) is 0 Å². The number of hydrogen-bond acceptors (Lipinski definition) is 3. The highest BCUT2D eigenvalue weighted by atomic mass is 16.2. The average molecular weight is 318 g/mol. The van der Waals surface area contributed by atoms with Crippen LogP contribution in [0.3, 0.4) is 0 Å². The summed E-state index contributed by atoms with van der Waals surface area (Å²) in [7, 11) is 0. The molecule has 2 aliphatic heterocycles. The van der Waals surface area contributed by atoms with Crippen LogP contribution in [0.25, 0.3) is 0 Å². The molecule has 0 aliphatic carbocycles. The minimum absolute atomic E-state index is 0.00265. The summed E-state index contributed by atoms with van der Waals surface area (Å²) in [5, 5.41) is 4.46. The monoisotopic (exact) mass is 318 g/mol. The maximum atomic E-state index is 12.6. The Kier molecular flexibility index (Phi) is 4.68. The number of carbonyl (C=O) groups excluding carboxylic acids is 2. The first kappa shape index (κ1) is 16.0. The second-order valence-corrected chi connectivity index (χ2v) is 6.97. The van der Waals surface area contributed by atoms with E-state index in [4.69, 9.17) is 0 Å². The number of aryl methyl sites for hydroxylation is 2. The third kappa shape index (κ3) is 3.57. The van der Waals surface area contributed by atoms with Crippen molar-refractivity contribution in [2.75, 3.05) is 26.2 Å². The van der Waals surface area contributed by atoms with Crippen molar-refractivity contribution in [2.24, 2.45) is 5.92 Å². The first-order valence-corrected chi connectivity index (χ1v) is 8.68. The van der Waals surface area contributed by atoms with Gasteiger partial charge in [0.15, 0.2) is 5.69 Å². The van der Waals surface area contributed by atoms with E-state index in [0.29, 0.717) is 44.2 Å². The van der Waals surface area contributed by atoms with Crippen molar-refractivity contribution < 1.29 is 9.59 Å². The van der Waals surface area contributed by atoms with E-state index in [1.165, 1.54) is 12.1 Å². The fourth-order valence-electron chi connectivity index (χ4n) is 3.32. The normalized spacial score (nSPS) is 18.2. The van der Waals surface area contributed by atoms with Gasteiger partial charge in [0.25, 0.3) is 5.91 Å². The molecule has 6 nitrogen and oxygen atoms in total. The number of piperazine rings is 1. The Morgan fingerprint density at radius 1 is 1.09 bits per heavy atom. The molecule has 23 heavy (non-hydrogen) atoms. The summed E-state index contributed by atoms with van der Waals surface area (Å²) in [5.74, 6) is 0.575. The van der Waals surface area contributed by atoms with E-state index in [1.54, 1.807) is 0 Å². The number of nitrogens with zero attached hydrogens (tertiary/aromatic N) is 4. The van der Waals surface area contributed by atoms with Crippen LogP contribution < -0.4 is 0 Å². The highest BCUT2D eigenvalue weighted by Crippen LogP contribution is 2.17. The Morgan fingerprint density at radius 3 is 2.43 bits per heavy atom. The van der Waals surface area contributed by atoms with Crippen molar-refractivity contribution >= 4 is 11.8 Å². The molecule has 6 heteroatoms. The van der Waals surface area contributed by atoms with Crippen LogP contribution in [0, 0.1) is 5.92 Å². The summed E-state index contributed by atoms with van der Waals surface area (Å²) in [6.07, 6.45) is 3.91. The van der Waals surface area contributed by atoms with Gasteiger partial charge < -0.3 is 9.80 Å². The predicted molar refractivity (Wildman–Crippen MR) is 87.1 cm³/mol. The zero-order chi connectivity index (χ0) is 16.4. The molecule has 0 N–H and O–H groups in total. The van der Waals surface area contributed by atoms with E-state index in [9.17, 15) is 9.59 Å². The van der Waals surface area contributed by atoms with Crippen LogP contribution in [0.1, 0.15) is 49.3 Å². The molecule has 1 aromatic heterocycles. The summed E-state index contributed by atoms with van der Waals surface area (Å²) >= 11 is 0. The Hall–Kier alpha value is -1.85. The molecule has 0 aromatic carbocycles. The van der Waals surface area contributed by atoms with E-state index >= 15 is 0 Å². The van der Waals surface area contributed by atoms with Crippen LogP contribution in [-0.2, 0) is 17.8 Å². The van der Waals surface area contributed by atoms with Crippen molar-refractivity contribution in [1.82, 2.24) is 19.6 Å². The van der Waals surface area contributed by atoms with E-state index in [0.717, 1.165) is 19.4 Å². The second kappa shape index (κ2) is 6.72. The number of fused-ring (bicyclic) bond motifs is 1. The standard InChI is InChI=1S/C17H26N4O2/c1-13(2)11-16(22)19-7-9-20(10-8-19)17(23)15-12-14-5-3-4-6-21(14)18-15/h12-13H,3-11H2,1-2H3. The molecule has 0 spiro atoms. The van der Waals surface area contributed by atoms with E-state index in [2.05, 4.69) is 18.9 Å². The molecule has 0 bridgehead atoms. The van der Waals surface area contributed by atoms with E-state index in [1.807, 2.05) is 20.5 Å². The van der Waals surface area contributed by atoms with Crippen LogP contribution in [0.4, 0.5) is 0 Å². The molecule has 1 fully saturated rings. The fraction of sp³-hybridized carbons (Fsp3) is 0.706. The summed E-state index contributed by atoms with van der Waals surface area (Å²) in [6.45, 7) is 7.49. The van der Waals surface area contributed by atoms with Gasteiger partial charge in [-0.05, 0) is 31.2 Å². The summed E-state index contributed by atoms with van der Waals surface area (Å²) < 4.78 is 1.97. The highest BCUT2D eigenvalue weighted by Gasteiger charge is 2.27. The van der Waals surface area contributed by atoms with Gasteiger partial charge in [0, 0.05) is 44.8 Å². The maximum absolute atomic E-state index is 12.6. The van der Waals surface area contributed by atoms with Gasteiger partial charge in [-0.3, -0.25) is 14.3 Å². The lowest BCUT2D eigenvalue weighted by Gasteiger charge is -2.34. The SMILES string of the molecule is CC(C)CC(=O)N1CCN(C(=O)c2cc3n(n2)CCCC3)CC1. The molecule has 2 aliphatic rings. The molecule has 0 saturated carbocycles. The molecule has 0 unspecified atom stereocenters. The fourth-order valence-corrected chi connectivity index (χ4v) is 3.32. The van der Waals surface area contributed by atoms with Crippen LogP contribution in [-0.4, -0.2) is 57.6 Å². The molecule has 1 aromatic rings. The number of rotatable bonds is 3. The second-order valence-electron chi connectivity index (χ2n) is 6.97. The van der Waals surface area contributed by atoms with Gasteiger partial charge in [-0.1, -0.05) is 13.8 Å². The highest BCUT2D eigenvalue weighted by molar-refractivity contribution is 5.92. The van der Waals surface area contributed by atoms with Gasteiger partial charge >= 0.3 is 0 Å². The molecule has 3 heterocycles. The largest absolute Gasteiger partial charge is 0.339 e. The molecule has 0 radical (unpaired) electrons. The summed E-state index contributed by atoms with van der Waals surface area (Å²) in [6, 6.07) is 1.94. The van der Waals surface area contributed by atoms with Crippen LogP contribution in [0.2, 0.25) is 0 Å². The topological polar surface area (TPSA) is 58.4 Å².